The minimum Gasteiger partial charge on any atom is -0.480 e. The van der Waals surface area contributed by atoms with E-state index in [4.69, 9.17) is 10.2 Å². The number of alkyl halides is 1. The van der Waals surface area contributed by atoms with Gasteiger partial charge >= 0.3 is 5.97 Å². The maximum absolute atomic E-state index is 9.97. The summed E-state index contributed by atoms with van der Waals surface area (Å²) >= 11 is 2.94. The van der Waals surface area contributed by atoms with Crippen molar-refractivity contribution < 1.29 is 15.0 Å². The van der Waals surface area contributed by atoms with E-state index in [0.717, 1.165) is 0 Å². The molecule has 0 fully saturated rings. The molecule has 0 unspecified atom stereocenters. The smallest absolute Gasteiger partial charge is 0.319 e. The quantitative estimate of drug-likeness (QED) is 0.690. The summed E-state index contributed by atoms with van der Waals surface area (Å²) in [7, 11) is 0. The van der Waals surface area contributed by atoms with Crippen molar-refractivity contribution in [2.45, 2.75) is 44.5 Å². The van der Waals surface area contributed by atoms with Crippen molar-refractivity contribution in [3.8, 4) is 0 Å². The van der Waals surface area contributed by atoms with Crippen LogP contribution in [0.3, 0.4) is 0 Å². The van der Waals surface area contributed by atoms with Gasteiger partial charge in [0.15, 0.2) is 0 Å². The number of aliphatic carboxylic acids is 1. The van der Waals surface area contributed by atoms with E-state index < -0.39 is 15.9 Å². The van der Waals surface area contributed by atoms with Crippen LogP contribution in [0, 0.1) is 0 Å². The molecule has 0 saturated carbocycles. The first-order valence-electron chi connectivity index (χ1n) is 3.59. The van der Waals surface area contributed by atoms with E-state index in [0.29, 0.717) is 0 Å². The fourth-order valence-electron chi connectivity index (χ4n) is 0. The summed E-state index contributed by atoms with van der Waals surface area (Å²) in [5.41, 5.74) is -0.500. The Labute approximate surface area is 81.9 Å². The first-order valence-corrected chi connectivity index (χ1v) is 4.38. The van der Waals surface area contributed by atoms with Crippen molar-refractivity contribution in [1.82, 2.24) is 0 Å². The molecule has 0 aliphatic carbocycles. The highest BCUT2D eigenvalue weighted by Crippen LogP contribution is 2.14. The van der Waals surface area contributed by atoms with Crippen molar-refractivity contribution in [1.29, 1.82) is 0 Å². The van der Waals surface area contributed by atoms with Crippen LogP contribution in [0.25, 0.3) is 0 Å². The average molecular weight is 241 g/mol. The Morgan fingerprint density at radius 2 is 1.25 bits per heavy atom. The third-order valence-electron chi connectivity index (χ3n) is 0.509. The Morgan fingerprint density at radius 3 is 1.25 bits per heavy atom. The second kappa shape index (κ2) is 4.82. The first-order chi connectivity index (χ1) is 4.94. The minimum absolute atomic E-state index is 0.500. The second-order valence-corrected chi connectivity index (χ2v) is 5.93. The summed E-state index contributed by atoms with van der Waals surface area (Å²) in [4.78, 5) is 9.97. The number of rotatable bonds is 1. The molecule has 0 aromatic carbocycles. The summed E-state index contributed by atoms with van der Waals surface area (Å²) in [5.74, 6) is -0.840. The third kappa shape index (κ3) is 22.5. The fraction of sp³-hybridized carbons (Fsp3) is 0.875. The molecule has 4 heteroatoms. The lowest BCUT2D eigenvalue weighted by Gasteiger charge is -2.06. The zero-order valence-corrected chi connectivity index (χ0v) is 9.77. The van der Waals surface area contributed by atoms with Crippen LogP contribution >= 0.6 is 15.9 Å². The number of carboxylic acids is 1. The molecule has 2 N–H and O–H groups in total. The van der Waals surface area contributed by atoms with Crippen LogP contribution in [-0.2, 0) is 4.79 Å². The molecular weight excluding hydrogens is 224 g/mol. The van der Waals surface area contributed by atoms with E-state index in [9.17, 15) is 4.79 Å². The topological polar surface area (TPSA) is 57.5 Å². The number of hydrogen-bond acceptors (Lipinski definition) is 2. The molecule has 12 heavy (non-hydrogen) atoms. The summed E-state index contributed by atoms with van der Waals surface area (Å²) in [6.07, 6.45) is 0. The number of carboxylic acid groups (broad SMARTS) is 1. The van der Waals surface area contributed by atoms with Crippen LogP contribution in [0.15, 0.2) is 0 Å². The molecule has 0 aliphatic rings. The van der Waals surface area contributed by atoms with Gasteiger partial charge in [-0.05, 0) is 34.6 Å². The van der Waals surface area contributed by atoms with Crippen molar-refractivity contribution in [3.63, 3.8) is 0 Å². The van der Waals surface area contributed by atoms with Gasteiger partial charge in [-0.25, -0.2) is 0 Å². The standard InChI is InChI=1S/C4H7BrO2.C4H10O/c1-4(2,5)3(6)7;1-4(2,3)5/h1-2H3,(H,6,7);5H,1-3H3. The molecular formula is C8H17BrO3. The van der Waals surface area contributed by atoms with Crippen LogP contribution in [0.4, 0.5) is 0 Å². The maximum Gasteiger partial charge on any atom is 0.319 e. The van der Waals surface area contributed by atoms with Crippen LogP contribution in [0.5, 0.6) is 0 Å². The number of aliphatic hydroxyl groups is 1. The van der Waals surface area contributed by atoms with Crippen LogP contribution < -0.4 is 0 Å². The Kier molecular flexibility index (Phi) is 5.80. The number of carbonyl (C=O) groups is 1. The van der Waals surface area contributed by atoms with Gasteiger partial charge in [-0.2, -0.15) is 0 Å². The van der Waals surface area contributed by atoms with Gasteiger partial charge in [-0.15, -0.1) is 0 Å². The highest BCUT2D eigenvalue weighted by atomic mass is 79.9. The minimum atomic E-state index is -0.840. The van der Waals surface area contributed by atoms with Gasteiger partial charge in [0, 0.05) is 0 Å². The predicted octanol–water partition coefficient (Wildman–Crippen LogP) is 2.02. The molecule has 0 amide bonds. The highest BCUT2D eigenvalue weighted by Gasteiger charge is 2.21. The van der Waals surface area contributed by atoms with E-state index in [1.54, 1.807) is 34.6 Å². The SMILES string of the molecule is CC(C)(Br)C(=O)O.CC(C)(C)O. The molecule has 0 radical (unpaired) electrons. The summed E-state index contributed by atoms with van der Waals surface area (Å²) in [5, 5.41) is 16.7. The molecule has 0 spiro atoms. The number of hydrogen-bond donors (Lipinski definition) is 2. The fourth-order valence-corrected chi connectivity index (χ4v) is 0. The van der Waals surface area contributed by atoms with E-state index in [1.165, 1.54) is 0 Å². The highest BCUT2D eigenvalue weighted by molar-refractivity contribution is 9.10. The third-order valence-corrected chi connectivity index (χ3v) is 0.848. The lowest BCUT2D eigenvalue weighted by Crippen LogP contribution is -2.22. The van der Waals surface area contributed by atoms with E-state index in [2.05, 4.69) is 15.9 Å². The molecule has 0 saturated heterocycles. The van der Waals surface area contributed by atoms with Gasteiger partial charge in [-0.1, -0.05) is 15.9 Å². The maximum atomic E-state index is 9.97. The van der Waals surface area contributed by atoms with E-state index >= 15 is 0 Å². The Morgan fingerprint density at radius 1 is 1.17 bits per heavy atom. The molecule has 0 aromatic rings. The van der Waals surface area contributed by atoms with Gasteiger partial charge < -0.3 is 10.2 Å². The van der Waals surface area contributed by atoms with Gasteiger partial charge in [0.25, 0.3) is 0 Å². The normalized spacial score (nSPS) is 11.6. The summed E-state index contributed by atoms with van der Waals surface area (Å²) in [6, 6.07) is 0. The number of halogens is 1. The molecule has 0 heterocycles. The molecule has 3 nitrogen and oxygen atoms in total. The molecule has 0 bridgehead atoms. The zero-order valence-electron chi connectivity index (χ0n) is 8.18. The largest absolute Gasteiger partial charge is 0.480 e. The summed E-state index contributed by atoms with van der Waals surface area (Å²) < 4.78 is -0.771. The summed E-state index contributed by atoms with van der Waals surface area (Å²) in [6.45, 7) is 8.39. The molecule has 0 rings (SSSR count). The van der Waals surface area contributed by atoms with Crippen molar-refractivity contribution in [3.05, 3.63) is 0 Å². The van der Waals surface area contributed by atoms with Crippen LogP contribution in [0.1, 0.15) is 34.6 Å². The lowest BCUT2D eigenvalue weighted by atomic mass is 10.2. The van der Waals surface area contributed by atoms with E-state index in [1.807, 2.05) is 0 Å². The van der Waals surface area contributed by atoms with Gasteiger partial charge in [0.2, 0.25) is 0 Å². The Balaban J connectivity index is 0. The van der Waals surface area contributed by atoms with Crippen molar-refractivity contribution in [2.75, 3.05) is 0 Å². The van der Waals surface area contributed by atoms with E-state index in [-0.39, 0.29) is 0 Å². The lowest BCUT2D eigenvalue weighted by molar-refractivity contribution is -0.138. The average Bonchev–Trinajstić information content (AvgIpc) is 1.55. The first kappa shape index (κ1) is 14.4. The van der Waals surface area contributed by atoms with Crippen molar-refractivity contribution >= 4 is 21.9 Å². The molecule has 0 aromatic heterocycles. The second-order valence-electron chi connectivity index (χ2n) is 3.95. The van der Waals surface area contributed by atoms with Gasteiger partial charge in [0.05, 0.1) is 5.60 Å². The molecule has 0 atom stereocenters. The van der Waals surface area contributed by atoms with Gasteiger partial charge in [-0.3, -0.25) is 4.79 Å². The van der Waals surface area contributed by atoms with Crippen LogP contribution in [-0.4, -0.2) is 26.1 Å². The molecule has 0 aliphatic heterocycles. The predicted molar refractivity (Wildman–Crippen MR) is 52.6 cm³/mol. The van der Waals surface area contributed by atoms with Crippen molar-refractivity contribution in [2.24, 2.45) is 0 Å². The Hall–Kier alpha value is -0.0900. The van der Waals surface area contributed by atoms with Crippen LogP contribution in [0.2, 0.25) is 0 Å². The Bertz CT molecular complexity index is 135. The zero-order chi connectivity index (χ0) is 10.6. The molecule has 74 valence electrons. The monoisotopic (exact) mass is 240 g/mol. The van der Waals surface area contributed by atoms with Gasteiger partial charge in [0.1, 0.15) is 4.32 Å².